The summed E-state index contributed by atoms with van der Waals surface area (Å²) in [7, 11) is 0. The predicted molar refractivity (Wildman–Crippen MR) is 66.3 cm³/mol. The summed E-state index contributed by atoms with van der Waals surface area (Å²) in [6.07, 6.45) is -3.79. The second-order valence-electron chi connectivity index (χ2n) is 4.47. The number of halogens is 3. The molecule has 0 N–H and O–H groups in total. The Morgan fingerprint density at radius 3 is 2.32 bits per heavy atom. The molecule has 1 rings (SSSR count). The topological polar surface area (TPSA) is 34.9 Å². The monoisotopic (exact) mass is 276 g/mol. The van der Waals surface area contributed by atoms with E-state index in [9.17, 15) is 18.0 Å². The van der Waals surface area contributed by atoms with Crippen LogP contribution < -0.4 is 0 Å². The molecule has 0 atom stereocenters. The van der Waals surface area contributed by atoms with Gasteiger partial charge >= 0.3 is 6.18 Å². The summed E-state index contributed by atoms with van der Waals surface area (Å²) in [4.78, 5) is 11.6. The lowest BCUT2D eigenvalue weighted by molar-refractivity contribution is -0.136. The molecule has 1 heterocycles. The van der Waals surface area contributed by atoms with E-state index in [0.29, 0.717) is 24.1 Å². The summed E-state index contributed by atoms with van der Waals surface area (Å²) in [5.74, 6) is -0.0734. The second kappa shape index (κ2) is 6.21. The maximum absolute atomic E-state index is 12.1. The zero-order chi connectivity index (χ0) is 14.6. The number of rotatable bonds is 6. The van der Waals surface area contributed by atoms with Gasteiger partial charge in [-0.15, -0.1) is 0 Å². The van der Waals surface area contributed by atoms with Crippen LogP contribution in [0.2, 0.25) is 0 Å². The average Bonchev–Trinajstić information content (AvgIpc) is 2.65. The SMILES string of the molecule is CCc1nn(CCCC(F)(F)F)c(CC)c1C(C)=O. The molecule has 0 radical (unpaired) electrons. The number of alkyl halides is 3. The number of carbonyl (C=O) groups excluding carboxylic acids is 1. The molecule has 0 aromatic carbocycles. The van der Waals surface area contributed by atoms with Crippen molar-refractivity contribution in [2.24, 2.45) is 0 Å². The molecule has 1 aromatic heterocycles. The van der Waals surface area contributed by atoms with Crippen molar-refractivity contribution >= 4 is 5.78 Å². The van der Waals surface area contributed by atoms with E-state index in [1.54, 1.807) is 4.68 Å². The van der Waals surface area contributed by atoms with E-state index >= 15 is 0 Å². The van der Waals surface area contributed by atoms with Gasteiger partial charge in [0.2, 0.25) is 0 Å². The van der Waals surface area contributed by atoms with Crippen LogP contribution in [0, 0.1) is 0 Å². The molecule has 0 aliphatic heterocycles. The summed E-state index contributed by atoms with van der Waals surface area (Å²) in [5, 5.41) is 4.27. The third-order valence-electron chi connectivity index (χ3n) is 2.98. The molecule has 6 heteroatoms. The normalized spacial score (nSPS) is 11.9. The van der Waals surface area contributed by atoms with Gasteiger partial charge < -0.3 is 0 Å². The molecule has 0 fully saturated rings. The van der Waals surface area contributed by atoms with Crippen LogP contribution in [0.4, 0.5) is 13.2 Å². The van der Waals surface area contributed by atoms with E-state index < -0.39 is 12.6 Å². The van der Waals surface area contributed by atoms with Crippen LogP contribution in [-0.4, -0.2) is 21.7 Å². The van der Waals surface area contributed by atoms with Crippen molar-refractivity contribution in [1.29, 1.82) is 0 Å². The second-order valence-corrected chi connectivity index (χ2v) is 4.47. The molecule has 0 aliphatic carbocycles. The van der Waals surface area contributed by atoms with Crippen molar-refractivity contribution in [2.45, 2.75) is 59.2 Å². The maximum atomic E-state index is 12.1. The molecule has 0 bridgehead atoms. The van der Waals surface area contributed by atoms with E-state index in [-0.39, 0.29) is 18.7 Å². The van der Waals surface area contributed by atoms with Gasteiger partial charge in [0.1, 0.15) is 0 Å². The lowest BCUT2D eigenvalue weighted by Crippen LogP contribution is -2.12. The van der Waals surface area contributed by atoms with Gasteiger partial charge in [0.25, 0.3) is 0 Å². The molecular formula is C13H19F3N2O. The van der Waals surface area contributed by atoms with Gasteiger partial charge in [-0.1, -0.05) is 13.8 Å². The summed E-state index contributed by atoms with van der Waals surface area (Å²) in [5.41, 5.74) is 2.00. The Bertz CT molecular complexity index is 449. The number of nitrogens with zero attached hydrogens (tertiary/aromatic N) is 2. The van der Waals surface area contributed by atoms with Crippen LogP contribution in [0.5, 0.6) is 0 Å². The number of aryl methyl sites for hydroxylation is 2. The van der Waals surface area contributed by atoms with Gasteiger partial charge in [-0.3, -0.25) is 9.48 Å². The lowest BCUT2D eigenvalue weighted by atomic mass is 10.1. The third-order valence-corrected chi connectivity index (χ3v) is 2.98. The van der Waals surface area contributed by atoms with Gasteiger partial charge in [-0.05, 0) is 26.2 Å². The van der Waals surface area contributed by atoms with Gasteiger partial charge in [-0.25, -0.2) is 0 Å². The van der Waals surface area contributed by atoms with Gasteiger partial charge in [0, 0.05) is 18.7 Å². The van der Waals surface area contributed by atoms with Gasteiger partial charge in [0.15, 0.2) is 5.78 Å². The fourth-order valence-electron chi connectivity index (χ4n) is 2.18. The molecule has 0 saturated heterocycles. The molecule has 1 aromatic rings. The van der Waals surface area contributed by atoms with E-state index in [0.717, 1.165) is 5.69 Å². The smallest absolute Gasteiger partial charge is 0.294 e. The molecule has 0 amide bonds. The van der Waals surface area contributed by atoms with Crippen molar-refractivity contribution in [1.82, 2.24) is 9.78 Å². The quantitative estimate of drug-likeness (QED) is 0.745. The highest BCUT2D eigenvalue weighted by Crippen LogP contribution is 2.23. The number of ketones is 1. The first kappa shape index (κ1) is 15.7. The van der Waals surface area contributed by atoms with Crippen molar-refractivity contribution in [3.8, 4) is 0 Å². The molecule has 0 saturated carbocycles. The van der Waals surface area contributed by atoms with Crippen molar-refractivity contribution in [2.75, 3.05) is 0 Å². The zero-order valence-corrected chi connectivity index (χ0v) is 11.5. The van der Waals surface area contributed by atoms with E-state index in [4.69, 9.17) is 0 Å². The standard InChI is InChI=1S/C13H19F3N2O/c1-4-10-12(9(3)19)11(5-2)18(17-10)8-6-7-13(14,15)16/h4-8H2,1-3H3. The summed E-state index contributed by atoms with van der Waals surface area (Å²) in [6.45, 7) is 5.43. The Hall–Kier alpha value is -1.33. The fraction of sp³-hybridized carbons (Fsp3) is 0.692. The Balaban J connectivity index is 2.92. The number of aromatic nitrogens is 2. The molecule has 3 nitrogen and oxygen atoms in total. The summed E-state index contributed by atoms with van der Waals surface area (Å²) in [6, 6.07) is 0. The first-order valence-electron chi connectivity index (χ1n) is 6.46. The minimum absolute atomic E-state index is 0.0152. The Morgan fingerprint density at radius 2 is 1.89 bits per heavy atom. The molecule has 0 aliphatic rings. The number of hydrogen-bond donors (Lipinski definition) is 0. The minimum atomic E-state index is -4.14. The minimum Gasteiger partial charge on any atom is -0.294 e. The summed E-state index contributed by atoms with van der Waals surface area (Å²) >= 11 is 0. The van der Waals surface area contributed by atoms with E-state index in [2.05, 4.69) is 5.10 Å². The highest BCUT2D eigenvalue weighted by Gasteiger charge is 2.26. The predicted octanol–water partition coefficient (Wildman–Crippen LogP) is 3.55. The highest BCUT2D eigenvalue weighted by molar-refractivity contribution is 5.96. The van der Waals surface area contributed by atoms with E-state index in [1.165, 1.54) is 6.92 Å². The zero-order valence-electron chi connectivity index (χ0n) is 11.5. The Morgan fingerprint density at radius 1 is 1.26 bits per heavy atom. The van der Waals surface area contributed by atoms with Gasteiger partial charge in [-0.2, -0.15) is 18.3 Å². The number of carbonyl (C=O) groups is 1. The number of Topliss-reactive ketones (excluding diaryl/α,β-unsaturated/α-hetero) is 1. The average molecular weight is 276 g/mol. The van der Waals surface area contributed by atoms with Crippen LogP contribution in [-0.2, 0) is 19.4 Å². The van der Waals surface area contributed by atoms with E-state index in [1.807, 2.05) is 13.8 Å². The van der Waals surface area contributed by atoms with Crippen LogP contribution in [0.25, 0.3) is 0 Å². The highest BCUT2D eigenvalue weighted by atomic mass is 19.4. The van der Waals surface area contributed by atoms with Crippen LogP contribution in [0.15, 0.2) is 0 Å². The largest absolute Gasteiger partial charge is 0.389 e. The van der Waals surface area contributed by atoms with Crippen LogP contribution in [0.3, 0.4) is 0 Å². The van der Waals surface area contributed by atoms with Crippen LogP contribution >= 0.6 is 0 Å². The molecule has 108 valence electrons. The maximum Gasteiger partial charge on any atom is 0.389 e. The van der Waals surface area contributed by atoms with Crippen molar-refractivity contribution in [3.63, 3.8) is 0 Å². The number of hydrogen-bond acceptors (Lipinski definition) is 2. The lowest BCUT2D eigenvalue weighted by Gasteiger charge is -2.08. The Kier molecular flexibility index (Phi) is 5.14. The molecular weight excluding hydrogens is 257 g/mol. The Labute approximate surface area is 110 Å². The first-order chi connectivity index (χ1) is 8.80. The third kappa shape index (κ3) is 4.08. The first-order valence-corrected chi connectivity index (χ1v) is 6.46. The summed E-state index contributed by atoms with van der Waals surface area (Å²) < 4.78 is 38.0. The van der Waals surface area contributed by atoms with Crippen molar-refractivity contribution < 1.29 is 18.0 Å². The fourth-order valence-corrected chi connectivity index (χ4v) is 2.18. The van der Waals surface area contributed by atoms with Crippen LogP contribution in [0.1, 0.15) is 55.4 Å². The molecule has 0 unspecified atom stereocenters. The molecule has 19 heavy (non-hydrogen) atoms. The van der Waals surface area contributed by atoms with Crippen molar-refractivity contribution in [3.05, 3.63) is 17.0 Å². The van der Waals surface area contributed by atoms with Gasteiger partial charge in [0.05, 0.1) is 11.3 Å². The molecule has 0 spiro atoms.